The fraction of sp³-hybridized carbons (Fsp3) is 0.400. The summed E-state index contributed by atoms with van der Waals surface area (Å²) in [6.45, 7) is 2.73. The van der Waals surface area contributed by atoms with Gasteiger partial charge in [0.2, 0.25) is 0 Å². The minimum Gasteiger partial charge on any atom is -0.369 e. The topological polar surface area (TPSA) is 21.3 Å². The number of nitrogens with one attached hydrogen (secondary N) is 1. The van der Waals surface area contributed by atoms with Gasteiger partial charge in [-0.3, -0.25) is 0 Å². The van der Waals surface area contributed by atoms with Gasteiger partial charge in [0.25, 0.3) is 0 Å². The zero-order valence-corrected chi connectivity index (χ0v) is 15.3. The second-order valence-electron chi connectivity index (χ2n) is 6.42. The minimum absolute atomic E-state index is 0. The summed E-state index contributed by atoms with van der Waals surface area (Å²) in [5.74, 6) is 0. The third-order valence-electron chi connectivity index (χ3n) is 4.62. The van der Waals surface area contributed by atoms with Crippen molar-refractivity contribution in [2.24, 2.45) is 0 Å². The Morgan fingerprint density at radius 2 is 1.81 bits per heavy atom. The summed E-state index contributed by atoms with van der Waals surface area (Å²) >= 11 is 0. The quantitative estimate of drug-likeness (QED) is 0.729. The van der Waals surface area contributed by atoms with Crippen molar-refractivity contribution in [1.82, 2.24) is 5.32 Å². The van der Waals surface area contributed by atoms with Crippen molar-refractivity contribution >= 4 is 12.4 Å². The lowest BCUT2D eigenvalue weighted by atomic mass is 9.94. The SMILES string of the molecule is C[C@@H](O[C@H]1CCCN[C@H]1c1ccccc1)c1cccc(C(F)(F)F)c1.Cl. The highest BCUT2D eigenvalue weighted by molar-refractivity contribution is 5.85. The predicted octanol–water partition coefficient (Wildman–Crippen LogP) is 5.70. The minimum atomic E-state index is -4.34. The van der Waals surface area contributed by atoms with Crippen LogP contribution in [0.1, 0.15) is 48.6 Å². The lowest BCUT2D eigenvalue weighted by Crippen LogP contribution is -2.39. The van der Waals surface area contributed by atoms with Gasteiger partial charge in [-0.1, -0.05) is 42.5 Å². The zero-order valence-electron chi connectivity index (χ0n) is 14.5. The van der Waals surface area contributed by atoms with Gasteiger partial charge in [0.05, 0.1) is 23.8 Å². The Kier molecular flexibility index (Phi) is 7.09. The van der Waals surface area contributed by atoms with E-state index in [1.165, 1.54) is 12.1 Å². The van der Waals surface area contributed by atoms with Crippen molar-refractivity contribution in [1.29, 1.82) is 0 Å². The molecule has 2 nitrogen and oxygen atoms in total. The van der Waals surface area contributed by atoms with Crippen LogP contribution in [0.3, 0.4) is 0 Å². The average molecular weight is 386 g/mol. The van der Waals surface area contributed by atoms with Crippen molar-refractivity contribution in [2.75, 3.05) is 6.54 Å². The van der Waals surface area contributed by atoms with Crippen molar-refractivity contribution in [2.45, 2.75) is 44.2 Å². The molecule has 1 saturated heterocycles. The molecule has 0 unspecified atom stereocenters. The fourth-order valence-electron chi connectivity index (χ4n) is 3.31. The van der Waals surface area contributed by atoms with E-state index in [4.69, 9.17) is 4.74 Å². The van der Waals surface area contributed by atoms with E-state index in [0.717, 1.165) is 31.0 Å². The molecule has 1 aliphatic rings. The summed E-state index contributed by atoms with van der Waals surface area (Å²) in [7, 11) is 0. The molecule has 0 spiro atoms. The lowest BCUT2D eigenvalue weighted by Gasteiger charge is -2.35. The largest absolute Gasteiger partial charge is 0.416 e. The molecule has 26 heavy (non-hydrogen) atoms. The molecule has 1 N–H and O–H groups in total. The second-order valence-corrected chi connectivity index (χ2v) is 6.42. The van der Waals surface area contributed by atoms with Crippen LogP contribution in [0.5, 0.6) is 0 Å². The molecule has 6 heteroatoms. The van der Waals surface area contributed by atoms with E-state index in [1.54, 1.807) is 6.07 Å². The van der Waals surface area contributed by atoms with E-state index in [2.05, 4.69) is 5.32 Å². The maximum Gasteiger partial charge on any atom is 0.416 e. The zero-order chi connectivity index (χ0) is 17.9. The Morgan fingerprint density at radius 3 is 2.50 bits per heavy atom. The van der Waals surface area contributed by atoms with Gasteiger partial charge in [-0.05, 0) is 49.6 Å². The summed E-state index contributed by atoms with van der Waals surface area (Å²) in [5.41, 5.74) is 1.05. The van der Waals surface area contributed by atoms with E-state index >= 15 is 0 Å². The van der Waals surface area contributed by atoms with Gasteiger partial charge in [0.15, 0.2) is 0 Å². The molecular weight excluding hydrogens is 363 g/mol. The molecule has 1 aliphatic heterocycles. The molecule has 3 rings (SSSR count). The van der Waals surface area contributed by atoms with Crippen molar-refractivity contribution in [3.8, 4) is 0 Å². The maximum atomic E-state index is 12.9. The molecule has 2 aromatic rings. The summed E-state index contributed by atoms with van der Waals surface area (Å²) in [5, 5.41) is 3.47. The van der Waals surface area contributed by atoms with E-state index in [-0.39, 0.29) is 24.6 Å². The van der Waals surface area contributed by atoms with Gasteiger partial charge in [-0.2, -0.15) is 13.2 Å². The highest BCUT2D eigenvalue weighted by Crippen LogP contribution is 2.34. The second kappa shape index (κ2) is 8.89. The third-order valence-corrected chi connectivity index (χ3v) is 4.62. The van der Waals surface area contributed by atoms with Crippen LogP contribution in [0.15, 0.2) is 54.6 Å². The molecule has 1 heterocycles. The van der Waals surface area contributed by atoms with Gasteiger partial charge < -0.3 is 10.1 Å². The van der Waals surface area contributed by atoms with Crippen LogP contribution in [0.4, 0.5) is 13.2 Å². The van der Waals surface area contributed by atoms with Gasteiger partial charge in [-0.25, -0.2) is 0 Å². The molecule has 0 bridgehead atoms. The maximum absolute atomic E-state index is 12.9. The molecule has 1 fully saturated rings. The molecule has 3 atom stereocenters. The Balaban J connectivity index is 0.00000243. The Bertz CT molecular complexity index is 693. The van der Waals surface area contributed by atoms with E-state index in [0.29, 0.717) is 5.56 Å². The first kappa shape index (κ1) is 20.7. The van der Waals surface area contributed by atoms with Crippen LogP contribution in [0, 0.1) is 0 Å². The molecule has 2 aromatic carbocycles. The number of alkyl halides is 3. The lowest BCUT2D eigenvalue weighted by molar-refractivity contribution is -0.137. The Hall–Kier alpha value is -1.56. The highest BCUT2D eigenvalue weighted by atomic mass is 35.5. The first-order valence-corrected chi connectivity index (χ1v) is 8.56. The van der Waals surface area contributed by atoms with Crippen molar-refractivity contribution in [3.63, 3.8) is 0 Å². The number of hydrogen-bond acceptors (Lipinski definition) is 2. The summed E-state index contributed by atoms with van der Waals surface area (Å²) in [4.78, 5) is 0. The number of halogens is 4. The third kappa shape index (κ3) is 5.00. The molecule has 142 valence electrons. The predicted molar refractivity (Wildman–Crippen MR) is 98.4 cm³/mol. The first-order chi connectivity index (χ1) is 11.9. The van der Waals surface area contributed by atoms with Gasteiger partial charge in [0, 0.05) is 0 Å². The molecule has 0 aliphatic carbocycles. The summed E-state index contributed by atoms with van der Waals surface area (Å²) < 4.78 is 44.9. The van der Waals surface area contributed by atoms with Crippen LogP contribution in [0.25, 0.3) is 0 Å². The van der Waals surface area contributed by atoms with E-state index in [9.17, 15) is 13.2 Å². The van der Waals surface area contributed by atoms with Crippen LogP contribution >= 0.6 is 12.4 Å². The number of ether oxygens (including phenoxy) is 1. The summed E-state index contributed by atoms with van der Waals surface area (Å²) in [6.07, 6.45) is -2.94. The van der Waals surface area contributed by atoms with E-state index < -0.39 is 17.8 Å². The molecule has 0 radical (unpaired) electrons. The average Bonchev–Trinajstić information content (AvgIpc) is 2.62. The number of piperidine rings is 1. The molecule has 0 amide bonds. The van der Waals surface area contributed by atoms with Crippen LogP contribution in [0.2, 0.25) is 0 Å². The molecular formula is C20H23ClF3NO. The van der Waals surface area contributed by atoms with Crippen LogP contribution in [-0.2, 0) is 10.9 Å². The van der Waals surface area contributed by atoms with Crippen molar-refractivity contribution in [3.05, 3.63) is 71.3 Å². The number of benzene rings is 2. The van der Waals surface area contributed by atoms with Gasteiger partial charge in [-0.15, -0.1) is 12.4 Å². The standard InChI is InChI=1S/C20H22F3NO.ClH/c1-14(16-9-5-10-17(13-16)20(21,22)23)25-18-11-6-12-24-19(18)15-7-3-2-4-8-15;/h2-5,7-10,13-14,18-19,24H,6,11-12H2,1H3;1H/t14-,18+,19+;/m1./s1. The van der Waals surface area contributed by atoms with Crippen LogP contribution < -0.4 is 5.32 Å². The Morgan fingerprint density at radius 1 is 1.08 bits per heavy atom. The smallest absolute Gasteiger partial charge is 0.369 e. The van der Waals surface area contributed by atoms with Crippen molar-refractivity contribution < 1.29 is 17.9 Å². The first-order valence-electron chi connectivity index (χ1n) is 8.56. The normalized spacial score (nSPS) is 21.7. The monoisotopic (exact) mass is 385 g/mol. The van der Waals surface area contributed by atoms with Crippen LogP contribution in [-0.4, -0.2) is 12.6 Å². The Labute approximate surface area is 158 Å². The summed E-state index contributed by atoms with van der Waals surface area (Å²) in [6, 6.07) is 15.5. The highest BCUT2D eigenvalue weighted by Gasteiger charge is 2.32. The van der Waals surface area contributed by atoms with Gasteiger partial charge >= 0.3 is 6.18 Å². The van der Waals surface area contributed by atoms with E-state index in [1.807, 2.05) is 37.3 Å². The fourth-order valence-corrected chi connectivity index (χ4v) is 3.31. The number of rotatable bonds is 4. The number of hydrogen-bond donors (Lipinski definition) is 1. The molecule has 0 saturated carbocycles. The molecule has 0 aromatic heterocycles. The van der Waals surface area contributed by atoms with Gasteiger partial charge in [0.1, 0.15) is 0 Å².